The number of nitrogens with two attached hydrogens (primary N) is 2. The van der Waals surface area contributed by atoms with Crippen molar-refractivity contribution in [1.29, 1.82) is 0 Å². The number of aryl methyl sites for hydroxylation is 1. The molecule has 1 aliphatic rings. The average Bonchev–Trinajstić information content (AvgIpc) is 3.16. The van der Waals surface area contributed by atoms with Gasteiger partial charge in [0.2, 0.25) is 5.95 Å². The Balaban J connectivity index is 2.00. The SMILES string of the molecule is Cc1noc(-c2nn(C3CCCC3)c3nc(N)nc(N)c23)n1. The third kappa shape index (κ3) is 1.89. The van der Waals surface area contributed by atoms with Gasteiger partial charge >= 0.3 is 0 Å². The van der Waals surface area contributed by atoms with E-state index in [1.807, 2.05) is 4.68 Å². The van der Waals surface area contributed by atoms with Crippen molar-refractivity contribution < 1.29 is 4.52 Å². The Morgan fingerprint density at radius 2 is 1.91 bits per heavy atom. The van der Waals surface area contributed by atoms with Gasteiger partial charge in [-0.2, -0.15) is 20.1 Å². The smallest absolute Gasteiger partial charge is 0.279 e. The van der Waals surface area contributed by atoms with E-state index in [9.17, 15) is 0 Å². The second-order valence-corrected chi connectivity index (χ2v) is 5.54. The molecule has 3 heterocycles. The summed E-state index contributed by atoms with van der Waals surface area (Å²) in [6.45, 7) is 1.75. The van der Waals surface area contributed by atoms with Crippen molar-refractivity contribution in [1.82, 2.24) is 29.9 Å². The van der Waals surface area contributed by atoms with Crippen molar-refractivity contribution in [3.63, 3.8) is 0 Å². The molecular formula is C13H16N8O. The normalized spacial score (nSPS) is 15.9. The van der Waals surface area contributed by atoms with Gasteiger partial charge in [0.15, 0.2) is 17.2 Å². The molecule has 9 heteroatoms. The van der Waals surface area contributed by atoms with Gasteiger partial charge in [0.25, 0.3) is 5.89 Å². The van der Waals surface area contributed by atoms with Crippen LogP contribution in [-0.4, -0.2) is 29.9 Å². The first kappa shape index (κ1) is 13.0. The second-order valence-electron chi connectivity index (χ2n) is 5.54. The fourth-order valence-electron chi connectivity index (χ4n) is 3.03. The van der Waals surface area contributed by atoms with Crippen LogP contribution >= 0.6 is 0 Å². The second kappa shape index (κ2) is 4.65. The maximum absolute atomic E-state index is 6.04. The van der Waals surface area contributed by atoms with Gasteiger partial charge in [-0.1, -0.05) is 18.0 Å². The molecule has 4 N–H and O–H groups in total. The van der Waals surface area contributed by atoms with E-state index in [1.165, 1.54) is 12.8 Å². The standard InChI is InChI=1S/C13H16N8O/c1-6-16-12(22-20-6)9-8-10(14)17-13(15)18-11(8)21(19-9)7-4-2-3-5-7/h7H,2-5H2,1H3,(H4,14,15,17,18). The molecule has 0 bridgehead atoms. The van der Waals surface area contributed by atoms with Crippen molar-refractivity contribution in [2.75, 3.05) is 11.5 Å². The van der Waals surface area contributed by atoms with E-state index in [4.69, 9.17) is 16.0 Å². The Kier molecular flexibility index (Phi) is 2.75. The van der Waals surface area contributed by atoms with Crippen LogP contribution in [0.5, 0.6) is 0 Å². The summed E-state index contributed by atoms with van der Waals surface area (Å²) in [6, 6.07) is 0.286. The quantitative estimate of drug-likeness (QED) is 0.726. The zero-order valence-corrected chi connectivity index (χ0v) is 12.2. The van der Waals surface area contributed by atoms with Gasteiger partial charge in [-0.25, -0.2) is 4.68 Å². The maximum atomic E-state index is 6.04. The molecule has 0 amide bonds. The zero-order valence-electron chi connectivity index (χ0n) is 12.2. The third-order valence-corrected chi connectivity index (χ3v) is 4.00. The average molecular weight is 300 g/mol. The van der Waals surface area contributed by atoms with E-state index >= 15 is 0 Å². The maximum Gasteiger partial charge on any atom is 0.279 e. The molecular weight excluding hydrogens is 284 g/mol. The molecule has 0 saturated heterocycles. The topological polar surface area (TPSA) is 135 Å². The number of nitrogens with zero attached hydrogens (tertiary/aromatic N) is 6. The van der Waals surface area contributed by atoms with Crippen molar-refractivity contribution in [3.8, 4) is 11.6 Å². The summed E-state index contributed by atoms with van der Waals surface area (Å²) in [5.41, 5.74) is 12.9. The van der Waals surface area contributed by atoms with Crippen molar-refractivity contribution in [2.45, 2.75) is 38.6 Å². The Hall–Kier alpha value is -2.71. The van der Waals surface area contributed by atoms with Gasteiger partial charge in [0.1, 0.15) is 5.82 Å². The molecule has 9 nitrogen and oxygen atoms in total. The summed E-state index contributed by atoms with van der Waals surface area (Å²) in [6.07, 6.45) is 4.47. The van der Waals surface area contributed by atoms with Crippen molar-refractivity contribution in [2.24, 2.45) is 0 Å². The molecule has 22 heavy (non-hydrogen) atoms. The van der Waals surface area contributed by atoms with Crippen LogP contribution in [0.1, 0.15) is 37.5 Å². The molecule has 114 valence electrons. The summed E-state index contributed by atoms with van der Waals surface area (Å²) in [5, 5.41) is 9.07. The number of fused-ring (bicyclic) bond motifs is 1. The minimum absolute atomic E-state index is 0.136. The molecule has 0 spiro atoms. The molecule has 1 aliphatic carbocycles. The third-order valence-electron chi connectivity index (χ3n) is 4.00. The number of aromatic nitrogens is 6. The highest BCUT2D eigenvalue weighted by molar-refractivity contribution is 5.97. The largest absolute Gasteiger partial charge is 0.383 e. The van der Waals surface area contributed by atoms with E-state index in [0.717, 1.165) is 12.8 Å². The minimum atomic E-state index is 0.136. The molecule has 1 saturated carbocycles. The van der Waals surface area contributed by atoms with E-state index in [1.54, 1.807) is 6.92 Å². The Morgan fingerprint density at radius 3 is 2.59 bits per heavy atom. The highest BCUT2D eigenvalue weighted by Crippen LogP contribution is 2.36. The van der Waals surface area contributed by atoms with Crippen LogP contribution in [0.15, 0.2) is 4.52 Å². The van der Waals surface area contributed by atoms with Crippen LogP contribution in [0.2, 0.25) is 0 Å². The Morgan fingerprint density at radius 1 is 1.14 bits per heavy atom. The number of hydrogen-bond donors (Lipinski definition) is 2. The predicted molar refractivity (Wildman–Crippen MR) is 79.7 cm³/mol. The first-order valence-electron chi connectivity index (χ1n) is 7.25. The molecule has 0 radical (unpaired) electrons. The lowest BCUT2D eigenvalue weighted by Gasteiger charge is -2.10. The summed E-state index contributed by atoms with van der Waals surface area (Å²) >= 11 is 0. The van der Waals surface area contributed by atoms with Crippen LogP contribution in [0.25, 0.3) is 22.6 Å². The van der Waals surface area contributed by atoms with Crippen LogP contribution in [0.4, 0.5) is 11.8 Å². The molecule has 0 unspecified atom stereocenters. The minimum Gasteiger partial charge on any atom is -0.383 e. The lowest BCUT2D eigenvalue weighted by Crippen LogP contribution is -2.09. The highest BCUT2D eigenvalue weighted by Gasteiger charge is 2.27. The van der Waals surface area contributed by atoms with Gasteiger partial charge in [-0.3, -0.25) is 0 Å². The lowest BCUT2D eigenvalue weighted by atomic mass is 10.2. The molecule has 4 rings (SSSR count). The summed E-state index contributed by atoms with van der Waals surface area (Å²) in [4.78, 5) is 12.6. The highest BCUT2D eigenvalue weighted by atomic mass is 16.5. The van der Waals surface area contributed by atoms with Gasteiger partial charge in [-0.15, -0.1) is 0 Å². The number of nitrogen functional groups attached to an aromatic ring is 2. The number of rotatable bonds is 2. The van der Waals surface area contributed by atoms with E-state index < -0.39 is 0 Å². The van der Waals surface area contributed by atoms with Crippen LogP contribution in [0, 0.1) is 6.92 Å². The summed E-state index contributed by atoms with van der Waals surface area (Å²) in [5.74, 6) is 1.27. The molecule has 0 atom stereocenters. The molecule has 3 aromatic heterocycles. The van der Waals surface area contributed by atoms with Crippen molar-refractivity contribution >= 4 is 22.8 Å². The van der Waals surface area contributed by atoms with Crippen LogP contribution in [0.3, 0.4) is 0 Å². The Bertz CT molecular complexity index is 845. The van der Waals surface area contributed by atoms with Gasteiger partial charge < -0.3 is 16.0 Å². The number of anilines is 2. The van der Waals surface area contributed by atoms with Gasteiger partial charge in [-0.05, 0) is 19.8 Å². The molecule has 0 aliphatic heterocycles. The lowest BCUT2D eigenvalue weighted by molar-refractivity contribution is 0.421. The van der Waals surface area contributed by atoms with Crippen LogP contribution in [-0.2, 0) is 0 Å². The summed E-state index contributed by atoms with van der Waals surface area (Å²) < 4.78 is 7.12. The first-order chi connectivity index (χ1) is 10.6. The van der Waals surface area contributed by atoms with E-state index in [2.05, 4.69) is 25.2 Å². The number of hydrogen-bond acceptors (Lipinski definition) is 8. The first-order valence-corrected chi connectivity index (χ1v) is 7.25. The Labute approximate surface area is 125 Å². The monoisotopic (exact) mass is 300 g/mol. The van der Waals surface area contributed by atoms with Gasteiger partial charge in [0, 0.05) is 0 Å². The van der Waals surface area contributed by atoms with E-state index in [-0.39, 0.29) is 17.8 Å². The molecule has 0 aromatic carbocycles. The van der Waals surface area contributed by atoms with E-state index in [0.29, 0.717) is 28.4 Å². The predicted octanol–water partition coefficient (Wildman–Crippen LogP) is 1.46. The molecule has 1 fully saturated rings. The fourth-order valence-corrected chi connectivity index (χ4v) is 3.03. The fraction of sp³-hybridized carbons (Fsp3) is 0.462. The summed E-state index contributed by atoms with van der Waals surface area (Å²) in [7, 11) is 0. The molecule has 3 aromatic rings. The van der Waals surface area contributed by atoms with Gasteiger partial charge in [0.05, 0.1) is 11.4 Å². The van der Waals surface area contributed by atoms with Crippen LogP contribution < -0.4 is 11.5 Å². The van der Waals surface area contributed by atoms with Crippen molar-refractivity contribution in [3.05, 3.63) is 5.82 Å². The zero-order chi connectivity index (χ0) is 15.3.